The first-order valence-electron chi connectivity index (χ1n) is 4.78. The third kappa shape index (κ3) is 3.72. The molecule has 1 heterocycles. The maximum atomic E-state index is 12.5. The number of thiophene rings is 1. The van der Waals surface area contributed by atoms with Crippen LogP contribution >= 0.6 is 11.3 Å². The van der Waals surface area contributed by atoms with E-state index >= 15 is 0 Å². The van der Waals surface area contributed by atoms with Crippen molar-refractivity contribution in [2.24, 2.45) is 0 Å². The topological polar surface area (TPSA) is 12.0 Å². The minimum absolute atomic E-state index is 0.506. The van der Waals surface area contributed by atoms with Crippen LogP contribution in [0.15, 0.2) is 17.5 Å². The molecular formula is C10H15F2NS. The number of hydrogen-bond acceptors (Lipinski definition) is 2. The van der Waals surface area contributed by atoms with Crippen LogP contribution in [0.1, 0.15) is 18.2 Å². The maximum absolute atomic E-state index is 12.5. The molecule has 1 rings (SSSR count). The number of hydrogen-bond donors (Lipinski definition) is 1. The summed E-state index contributed by atoms with van der Waals surface area (Å²) >= 11 is 1.62. The second-order valence-electron chi connectivity index (χ2n) is 3.12. The smallest absolute Gasteiger partial charge is 0.253 e. The Morgan fingerprint density at radius 2 is 2.29 bits per heavy atom. The molecule has 1 aromatic heterocycles. The third-order valence-electron chi connectivity index (χ3n) is 2.05. The minimum atomic E-state index is -2.27. The van der Waals surface area contributed by atoms with Gasteiger partial charge in [-0.15, -0.1) is 11.3 Å². The Bertz CT molecular complexity index is 236. The monoisotopic (exact) mass is 219 g/mol. The SMILES string of the molecule is CCNC(CCc1cccs1)C(F)F. The van der Waals surface area contributed by atoms with Gasteiger partial charge in [-0.1, -0.05) is 13.0 Å². The molecule has 0 aliphatic heterocycles. The largest absolute Gasteiger partial charge is 0.309 e. The maximum Gasteiger partial charge on any atom is 0.253 e. The van der Waals surface area contributed by atoms with Crippen LogP contribution in [-0.2, 0) is 6.42 Å². The molecule has 0 radical (unpaired) electrons. The molecule has 1 N–H and O–H groups in total. The molecule has 4 heteroatoms. The zero-order chi connectivity index (χ0) is 10.4. The van der Waals surface area contributed by atoms with Gasteiger partial charge in [0.25, 0.3) is 6.43 Å². The van der Waals surface area contributed by atoms with E-state index in [9.17, 15) is 8.78 Å². The standard InChI is InChI=1S/C10H15F2NS/c1-2-13-9(10(11)12)6-5-8-4-3-7-14-8/h3-4,7,9-10,13H,2,5-6H2,1H3. The highest BCUT2D eigenvalue weighted by Gasteiger charge is 2.18. The number of alkyl halides is 2. The molecule has 0 spiro atoms. The fourth-order valence-corrected chi connectivity index (χ4v) is 2.06. The van der Waals surface area contributed by atoms with Crippen LogP contribution in [0.2, 0.25) is 0 Å². The Morgan fingerprint density at radius 3 is 2.79 bits per heavy atom. The van der Waals surface area contributed by atoms with Crippen LogP contribution < -0.4 is 5.32 Å². The Labute approximate surface area is 87.1 Å². The van der Waals surface area contributed by atoms with Crippen molar-refractivity contribution in [2.45, 2.75) is 32.2 Å². The molecule has 0 saturated heterocycles. The van der Waals surface area contributed by atoms with Crippen LogP contribution in [0.4, 0.5) is 8.78 Å². The summed E-state index contributed by atoms with van der Waals surface area (Å²) in [4.78, 5) is 1.17. The summed E-state index contributed by atoms with van der Waals surface area (Å²) in [6.07, 6.45) is -1.03. The highest BCUT2D eigenvalue weighted by atomic mass is 32.1. The predicted octanol–water partition coefficient (Wildman–Crippen LogP) is 2.92. The molecule has 0 amide bonds. The van der Waals surface area contributed by atoms with Gasteiger partial charge in [0.2, 0.25) is 0 Å². The van der Waals surface area contributed by atoms with Gasteiger partial charge in [0.05, 0.1) is 6.04 Å². The molecule has 0 aliphatic carbocycles. The lowest BCUT2D eigenvalue weighted by Gasteiger charge is -2.15. The predicted molar refractivity (Wildman–Crippen MR) is 56.1 cm³/mol. The lowest BCUT2D eigenvalue weighted by atomic mass is 10.1. The van der Waals surface area contributed by atoms with Crippen molar-refractivity contribution in [2.75, 3.05) is 6.54 Å². The average Bonchev–Trinajstić information content (AvgIpc) is 2.64. The van der Waals surface area contributed by atoms with Gasteiger partial charge >= 0.3 is 0 Å². The number of halogens is 2. The van der Waals surface area contributed by atoms with E-state index < -0.39 is 12.5 Å². The van der Waals surface area contributed by atoms with Gasteiger partial charge < -0.3 is 5.32 Å². The lowest BCUT2D eigenvalue weighted by molar-refractivity contribution is 0.0952. The van der Waals surface area contributed by atoms with Gasteiger partial charge in [-0.25, -0.2) is 8.78 Å². The van der Waals surface area contributed by atoms with Gasteiger partial charge in [-0.2, -0.15) is 0 Å². The van der Waals surface area contributed by atoms with E-state index in [0.29, 0.717) is 13.0 Å². The fraction of sp³-hybridized carbons (Fsp3) is 0.600. The molecule has 0 saturated carbocycles. The Hall–Kier alpha value is -0.480. The van der Waals surface area contributed by atoms with E-state index in [2.05, 4.69) is 5.32 Å². The molecule has 1 unspecified atom stereocenters. The van der Waals surface area contributed by atoms with Gasteiger partial charge in [0, 0.05) is 4.88 Å². The fourth-order valence-electron chi connectivity index (χ4n) is 1.33. The van der Waals surface area contributed by atoms with E-state index in [4.69, 9.17) is 0 Å². The van der Waals surface area contributed by atoms with Crippen molar-refractivity contribution in [3.05, 3.63) is 22.4 Å². The highest BCUT2D eigenvalue weighted by Crippen LogP contribution is 2.14. The first-order valence-corrected chi connectivity index (χ1v) is 5.66. The Balaban J connectivity index is 2.33. The average molecular weight is 219 g/mol. The van der Waals surface area contributed by atoms with Gasteiger partial charge in [-0.3, -0.25) is 0 Å². The Morgan fingerprint density at radius 1 is 1.50 bits per heavy atom. The summed E-state index contributed by atoms with van der Waals surface area (Å²) in [7, 11) is 0. The lowest BCUT2D eigenvalue weighted by Crippen LogP contribution is -2.35. The molecule has 1 atom stereocenters. The van der Waals surface area contributed by atoms with Crippen molar-refractivity contribution in [1.29, 1.82) is 0 Å². The summed E-state index contributed by atoms with van der Waals surface area (Å²) in [6.45, 7) is 2.44. The van der Waals surface area contributed by atoms with Crippen LogP contribution in [0.3, 0.4) is 0 Å². The summed E-state index contributed by atoms with van der Waals surface area (Å²) in [5.74, 6) is 0. The number of nitrogens with one attached hydrogen (secondary N) is 1. The quantitative estimate of drug-likeness (QED) is 0.775. The summed E-state index contributed by atoms with van der Waals surface area (Å²) < 4.78 is 24.9. The van der Waals surface area contributed by atoms with Gasteiger partial charge in [0.1, 0.15) is 0 Å². The first kappa shape index (κ1) is 11.6. The molecule has 0 aromatic carbocycles. The molecule has 0 bridgehead atoms. The van der Waals surface area contributed by atoms with Crippen molar-refractivity contribution >= 4 is 11.3 Å². The second kappa shape index (κ2) is 6.09. The third-order valence-corrected chi connectivity index (χ3v) is 2.99. The van der Waals surface area contributed by atoms with E-state index in [1.54, 1.807) is 11.3 Å². The highest BCUT2D eigenvalue weighted by molar-refractivity contribution is 7.09. The second-order valence-corrected chi connectivity index (χ2v) is 4.15. The molecular weight excluding hydrogens is 204 g/mol. The van der Waals surface area contributed by atoms with Crippen molar-refractivity contribution in [3.8, 4) is 0 Å². The number of rotatable bonds is 6. The summed E-state index contributed by atoms with van der Waals surface area (Å²) in [5, 5.41) is 4.77. The van der Waals surface area contributed by atoms with Crippen LogP contribution in [0.25, 0.3) is 0 Å². The normalized spacial score (nSPS) is 13.4. The first-order chi connectivity index (χ1) is 6.74. The molecule has 1 nitrogen and oxygen atoms in total. The zero-order valence-electron chi connectivity index (χ0n) is 8.17. The van der Waals surface area contributed by atoms with Crippen molar-refractivity contribution < 1.29 is 8.78 Å². The number of aryl methyl sites for hydroxylation is 1. The molecule has 1 aromatic rings. The van der Waals surface area contributed by atoms with Crippen molar-refractivity contribution in [3.63, 3.8) is 0 Å². The minimum Gasteiger partial charge on any atom is -0.309 e. The molecule has 0 fully saturated rings. The zero-order valence-corrected chi connectivity index (χ0v) is 8.99. The Kier molecular flexibility index (Phi) is 5.04. The van der Waals surface area contributed by atoms with Crippen LogP contribution in [-0.4, -0.2) is 19.0 Å². The van der Waals surface area contributed by atoms with E-state index in [0.717, 1.165) is 6.42 Å². The summed E-state index contributed by atoms with van der Waals surface area (Å²) in [6, 6.07) is 3.27. The van der Waals surface area contributed by atoms with Gasteiger partial charge in [0.15, 0.2) is 0 Å². The molecule has 80 valence electrons. The summed E-state index contributed by atoms with van der Waals surface area (Å²) in [5.41, 5.74) is 0. The van der Waals surface area contributed by atoms with E-state index in [-0.39, 0.29) is 0 Å². The molecule has 0 aliphatic rings. The van der Waals surface area contributed by atoms with Crippen LogP contribution in [0, 0.1) is 0 Å². The van der Waals surface area contributed by atoms with Crippen LogP contribution in [0.5, 0.6) is 0 Å². The molecule has 14 heavy (non-hydrogen) atoms. The van der Waals surface area contributed by atoms with E-state index in [1.165, 1.54) is 4.88 Å². The van der Waals surface area contributed by atoms with Gasteiger partial charge in [-0.05, 0) is 30.8 Å². The van der Waals surface area contributed by atoms with E-state index in [1.807, 2.05) is 24.4 Å². The van der Waals surface area contributed by atoms with Crippen molar-refractivity contribution in [1.82, 2.24) is 5.32 Å².